The van der Waals surface area contributed by atoms with Crippen LogP contribution >= 0.6 is 0 Å². The first-order valence-electron chi connectivity index (χ1n) is 13.1. The first-order chi connectivity index (χ1) is 18.7. The number of piperazine rings is 1. The second-order valence-electron chi connectivity index (χ2n) is 9.70. The fourth-order valence-corrected chi connectivity index (χ4v) is 5.37. The predicted octanol–water partition coefficient (Wildman–Crippen LogP) is 4.26. The number of methoxy groups -OCH3 is 1. The highest BCUT2D eigenvalue weighted by molar-refractivity contribution is 5.88. The summed E-state index contributed by atoms with van der Waals surface area (Å²) < 4.78 is 13.1. The molecule has 1 saturated heterocycles. The molecule has 1 fully saturated rings. The van der Waals surface area contributed by atoms with E-state index in [9.17, 15) is 10.4 Å². The highest BCUT2D eigenvalue weighted by atomic mass is 16.5. The molecule has 7 nitrogen and oxygen atoms in total. The van der Waals surface area contributed by atoms with Crippen LogP contribution < -0.4 is 4.74 Å². The van der Waals surface area contributed by atoms with Crippen molar-refractivity contribution in [3.63, 3.8) is 0 Å². The largest absolute Gasteiger partial charge is 0.490 e. The summed E-state index contributed by atoms with van der Waals surface area (Å²) in [4.78, 5) is 4.84. The molecular formula is C31H34N4O3. The first-order valence-corrected chi connectivity index (χ1v) is 13.1. The summed E-state index contributed by atoms with van der Waals surface area (Å²) in [6.07, 6.45) is -0.618. The molecule has 3 aromatic carbocycles. The van der Waals surface area contributed by atoms with Crippen molar-refractivity contribution in [2.24, 2.45) is 0 Å². The zero-order valence-corrected chi connectivity index (χ0v) is 21.7. The van der Waals surface area contributed by atoms with Gasteiger partial charge in [0.25, 0.3) is 0 Å². The molecule has 1 aromatic heterocycles. The molecule has 0 aliphatic carbocycles. The van der Waals surface area contributed by atoms with Gasteiger partial charge in [0.05, 0.1) is 11.6 Å². The number of fused-ring (bicyclic) bond motifs is 1. The van der Waals surface area contributed by atoms with Gasteiger partial charge in [-0.2, -0.15) is 5.26 Å². The van der Waals surface area contributed by atoms with Crippen molar-refractivity contribution >= 4 is 10.9 Å². The van der Waals surface area contributed by atoms with Crippen molar-refractivity contribution in [3.8, 4) is 11.8 Å². The molecule has 2 heterocycles. The number of nitriles is 1. The molecule has 196 valence electrons. The van der Waals surface area contributed by atoms with E-state index in [0.717, 1.165) is 37.1 Å². The smallest absolute Gasteiger partial charge is 0.128 e. The van der Waals surface area contributed by atoms with Gasteiger partial charge in [0.1, 0.15) is 37.0 Å². The zero-order chi connectivity index (χ0) is 26.3. The van der Waals surface area contributed by atoms with Gasteiger partial charge in [-0.05, 0) is 29.3 Å². The standard InChI is InChI=1S/C31H34N4O3/c1-37-23-35-26(20-32)19-28-29(35)13-8-14-30(28)38-22-27(36)21-33-15-17-34(18-16-33)31(24-9-4-2-5-10-24)25-11-6-3-7-12-25/h2-14,19,27,31,36H,15-18,21-23H2,1H3. The number of aliphatic hydroxyl groups excluding tert-OH is 1. The summed E-state index contributed by atoms with van der Waals surface area (Å²) in [6, 6.07) is 31.3. The van der Waals surface area contributed by atoms with E-state index in [-0.39, 0.29) is 12.6 Å². The van der Waals surface area contributed by atoms with Crippen LogP contribution in [0.1, 0.15) is 22.9 Å². The topological polar surface area (TPSA) is 73.9 Å². The van der Waals surface area contributed by atoms with Crippen LogP contribution in [0, 0.1) is 11.3 Å². The minimum Gasteiger partial charge on any atom is -0.490 e. The van der Waals surface area contributed by atoms with Gasteiger partial charge in [0, 0.05) is 45.2 Å². The Bertz CT molecular complexity index is 1320. The minimum atomic E-state index is -0.618. The summed E-state index contributed by atoms with van der Waals surface area (Å²) in [7, 11) is 1.60. The third-order valence-corrected chi connectivity index (χ3v) is 7.18. The second kappa shape index (κ2) is 12.2. The molecule has 5 rings (SSSR count). The van der Waals surface area contributed by atoms with Crippen molar-refractivity contribution in [1.82, 2.24) is 14.4 Å². The Balaban J connectivity index is 1.19. The van der Waals surface area contributed by atoms with Gasteiger partial charge in [-0.3, -0.25) is 9.80 Å². The van der Waals surface area contributed by atoms with Crippen LogP contribution in [0.15, 0.2) is 84.9 Å². The number of rotatable bonds is 10. The summed E-state index contributed by atoms with van der Waals surface area (Å²) in [5.41, 5.74) is 3.99. The van der Waals surface area contributed by atoms with Crippen LogP contribution in [0.4, 0.5) is 0 Å². The predicted molar refractivity (Wildman–Crippen MR) is 148 cm³/mol. The second-order valence-corrected chi connectivity index (χ2v) is 9.70. The number of ether oxygens (including phenoxy) is 2. The molecule has 7 heteroatoms. The normalized spacial score (nSPS) is 15.5. The lowest BCUT2D eigenvalue weighted by atomic mass is 9.96. The average molecular weight is 511 g/mol. The van der Waals surface area contributed by atoms with Gasteiger partial charge < -0.3 is 19.1 Å². The molecule has 0 amide bonds. The van der Waals surface area contributed by atoms with Gasteiger partial charge >= 0.3 is 0 Å². The molecular weight excluding hydrogens is 476 g/mol. The number of β-amino-alcohol motifs (C(OH)–C–C–N with tert-alkyl or cyclic N) is 1. The molecule has 1 N–H and O–H groups in total. The van der Waals surface area contributed by atoms with E-state index in [1.807, 2.05) is 28.8 Å². The van der Waals surface area contributed by atoms with E-state index in [1.165, 1.54) is 11.1 Å². The van der Waals surface area contributed by atoms with E-state index in [0.29, 0.717) is 24.7 Å². The van der Waals surface area contributed by atoms with Crippen LogP contribution in [0.25, 0.3) is 10.9 Å². The number of aromatic nitrogens is 1. The molecule has 1 atom stereocenters. The molecule has 0 spiro atoms. The summed E-state index contributed by atoms with van der Waals surface area (Å²) >= 11 is 0. The maximum Gasteiger partial charge on any atom is 0.128 e. The van der Waals surface area contributed by atoms with Gasteiger partial charge in [0.15, 0.2) is 0 Å². The SMILES string of the molecule is COCn1c(C#N)cc2c(OCC(O)CN3CCN(C(c4ccccc4)c4ccccc4)CC3)cccc21. The Hall–Kier alpha value is -3.67. The van der Waals surface area contributed by atoms with Gasteiger partial charge in [-0.25, -0.2) is 0 Å². The number of hydrogen-bond donors (Lipinski definition) is 1. The quantitative estimate of drug-likeness (QED) is 0.344. The maximum atomic E-state index is 10.8. The maximum absolute atomic E-state index is 10.8. The summed E-state index contributed by atoms with van der Waals surface area (Å²) in [6.45, 7) is 4.64. The summed E-state index contributed by atoms with van der Waals surface area (Å²) in [5.74, 6) is 0.659. The Kier molecular flexibility index (Phi) is 8.37. The number of benzene rings is 3. The van der Waals surface area contributed by atoms with Gasteiger partial charge in [-0.15, -0.1) is 0 Å². The Morgan fingerprint density at radius 1 is 0.895 bits per heavy atom. The molecule has 38 heavy (non-hydrogen) atoms. The van der Waals surface area contributed by atoms with E-state index < -0.39 is 6.10 Å². The molecule has 0 radical (unpaired) electrons. The van der Waals surface area contributed by atoms with E-state index in [4.69, 9.17) is 9.47 Å². The van der Waals surface area contributed by atoms with Crippen LogP contribution in [-0.2, 0) is 11.5 Å². The Morgan fingerprint density at radius 3 is 2.16 bits per heavy atom. The molecule has 1 aliphatic heterocycles. The third kappa shape index (κ3) is 5.74. The minimum absolute atomic E-state index is 0.188. The lowest BCUT2D eigenvalue weighted by Gasteiger charge is -2.40. The number of aliphatic hydroxyl groups is 1. The van der Waals surface area contributed by atoms with E-state index in [2.05, 4.69) is 76.5 Å². The highest BCUT2D eigenvalue weighted by Gasteiger charge is 2.27. The van der Waals surface area contributed by atoms with Crippen LogP contribution in [0.3, 0.4) is 0 Å². The third-order valence-electron chi connectivity index (χ3n) is 7.18. The zero-order valence-electron chi connectivity index (χ0n) is 21.7. The number of nitrogens with zero attached hydrogens (tertiary/aromatic N) is 4. The van der Waals surface area contributed by atoms with Crippen molar-refractivity contribution < 1.29 is 14.6 Å². The van der Waals surface area contributed by atoms with Crippen LogP contribution in [-0.4, -0.2) is 72.0 Å². The fourth-order valence-electron chi connectivity index (χ4n) is 5.37. The average Bonchev–Trinajstić information content (AvgIpc) is 3.32. The van der Waals surface area contributed by atoms with Crippen molar-refractivity contribution in [2.45, 2.75) is 18.9 Å². The van der Waals surface area contributed by atoms with Crippen molar-refractivity contribution in [2.75, 3.05) is 46.4 Å². The van der Waals surface area contributed by atoms with Gasteiger partial charge in [-0.1, -0.05) is 66.7 Å². The summed E-state index contributed by atoms with van der Waals surface area (Å²) in [5, 5.41) is 21.1. The van der Waals surface area contributed by atoms with Crippen molar-refractivity contribution in [3.05, 3.63) is 102 Å². The number of hydrogen-bond acceptors (Lipinski definition) is 6. The molecule has 4 aromatic rings. The van der Waals surface area contributed by atoms with Gasteiger partial charge in [0.2, 0.25) is 0 Å². The lowest BCUT2D eigenvalue weighted by molar-refractivity contribution is 0.0404. The van der Waals surface area contributed by atoms with Crippen LogP contribution in [0.2, 0.25) is 0 Å². The van der Waals surface area contributed by atoms with E-state index in [1.54, 1.807) is 7.11 Å². The van der Waals surface area contributed by atoms with Crippen LogP contribution in [0.5, 0.6) is 5.75 Å². The lowest BCUT2D eigenvalue weighted by Crippen LogP contribution is -2.50. The van der Waals surface area contributed by atoms with Crippen molar-refractivity contribution in [1.29, 1.82) is 5.26 Å². The Morgan fingerprint density at radius 2 is 1.55 bits per heavy atom. The Labute approximate surface area is 224 Å². The molecule has 1 unspecified atom stereocenters. The molecule has 0 bridgehead atoms. The molecule has 1 aliphatic rings. The monoisotopic (exact) mass is 510 g/mol. The fraction of sp³-hybridized carbons (Fsp3) is 0.323. The van der Waals surface area contributed by atoms with E-state index >= 15 is 0 Å². The highest BCUT2D eigenvalue weighted by Crippen LogP contribution is 2.30. The first kappa shape index (κ1) is 26.0. The molecule has 0 saturated carbocycles.